The van der Waals surface area contributed by atoms with Gasteiger partial charge in [-0.05, 0) is 56.5 Å². The Morgan fingerprint density at radius 1 is 1.10 bits per heavy atom. The highest BCUT2D eigenvalue weighted by Crippen LogP contribution is 2.31. The molecule has 1 saturated carbocycles. The fraction of sp³-hybridized carbons (Fsp3) is 0.435. The molecule has 0 spiro atoms. The number of ether oxygens (including phenoxy) is 1. The third-order valence-corrected chi connectivity index (χ3v) is 6.99. The first kappa shape index (κ1) is 22.3. The topological polar surface area (TPSA) is 84.5 Å². The second kappa shape index (κ2) is 9.62. The van der Waals surface area contributed by atoms with E-state index >= 15 is 0 Å². The molecule has 162 valence electrons. The number of hydrogen-bond acceptors (Lipinski definition) is 5. The number of carbonyl (C=O) groups is 1. The lowest BCUT2D eigenvalue weighted by atomic mass is 9.85. The van der Waals surface area contributed by atoms with Crippen LogP contribution in [0.15, 0.2) is 47.4 Å². The predicted molar refractivity (Wildman–Crippen MR) is 118 cm³/mol. The summed E-state index contributed by atoms with van der Waals surface area (Å²) >= 11 is 0. The molecular formula is C23H30N2O4S. The number of carbonyl (C=O) groups excluding carboxylic acids is 1. The standard InChI is InChI=1S/C23H30N2O4S/c1-24-19-11-8-16(9-12-19)23(26)25-15-18-14-17(10-13-21(18)29-2)20-6-4-5-7-22(20)30(3,27)28/h4-7,10,13-14,16,19,24H,8-9,11-12,15H2,1-3H3,(H,25,26). The van der Waals surface area contributed by atoms with Crippen LogP contribution in [0, 0.1) is 5.92 Å². The quantitative estimate of drug-likeness (QED) is 0.705. The lowest BCUT2D eigenvalue weighted by Crippen LogP contribution is -2.37. The van der Waals surface area contributed by atoms with Gasteiger partial charge in [0.25, 0.3) is 0 Å². The maximum Gasteiger partial charge on any atom is 0.223 e. The van der Waals surface area contributed by atoms with Crippen LogP contribution >= 0.6 is 0 Å². The van der Waals surface area contributed by atoms with Gasteiger partial charge in [0.15, 0.2) is 9.84 Å². The van der Waals surface area contributed by atoms with E-state index < -0.39 is 9.84 Å². The van der Waals surface area contributed by atoms with Gasteiger partial charge >= 0.3 is 0 Å². The highest BCUT2D eigenvalue weighted by molar-refractivity contribution is 7.90. The van der Waals surface area contributed by atoms with Gasteiger partial charge in [-0.2, -0.15) is 0 Å². The smallest absolute Gasteiger partial charge is 0.223 e. The fourth-order valence-corrected chi connectivity index (χ4v) is 4.99. The summed E-state index contributed by atoms with van der Waals surface area (Å²) in [6.07, 6.45) is 5.00. The van der Waals surface area contributed by atoms with Crippen LogP contribution in [0.3, 0.4) is 0 Å². The van der Waals surface area contributed by atoms with Crippen LogP contribution in [0.2, 0.25) is 0 Å². The second-order valence-corrected chi connectivity index (χ2v) is 9.83. The molecular weight excluding hydrogens is 400 g/mol. The number of rotatable bonds is 7. The lowest BCUT2D eigenvalue weighted by molar-refractivity contribution is -0.126. The van der Waals surface area contributed by atoms with Crippen molar-refractivity contribution >= 4 is 15.7 Å². The molecule has 1 aliphatic carbocycles. The van der Waals surface area contributed by atoms with Gasteiger partial charge in [-0.3, -0.25) is 4.79 Å². The van der Waals surface area contributed by atoms with E-state index in [9.17, 15) is 13.2 Å². The summed E-state index contributed by atoms with van der Waals surface area (Å²) in [5.74, 6) is 0.762. The maximum atomic E-state index is 12.7. The minimum atomic E-state index is -3.36. The van der Waals surface area contributed by atoms with Crippen LogP contribution in [0.4, 0.5) is 0 Å². The van der Waals surface area contributed by atoms with E-state index in [-0.39, 0.29) is 16.7 Å². The number of benzene rings is 2. The van der Waals surface area contributed by atoms with Crippen LogP contribution in [-0.2, 0) is 21.2 Å². The number of amides is 1. The molecule has 0 bridgehead atoms. The summed E-state index contributed by atoms with van der Waals surface area (Å²) in [4.78, 5) is 12.9. The Kier molecular flexibility index (Phi) is 7.15. The van der Waals surface area contributed by atoms with Gasteiger partial charge in [0.1, 0.15) is 5.75 Å². The second-order valence-electron chi connectivity index (χ2n) is 7.85. The zero-order valence-corrected chi connectivity index (χ0v) is 18.6. The van der Waals surface area contributed by atoms with E-state index in [1.807, 2.05) is 31.3 Å². The predicted octanol–water partition coefficient (Wildman–Crippen LogP) is 3.16. The molecule has 0 radical (unpaired) electrons. The average Bonchev–Trinajstić information content (AvgIpc) is 2.76. The Bertz CT molecular complexity index is 996. The van der Waals surface area contributed by atoms with E-state index in [4.69, 9.17) is 4.74 Å². The summed E-state index contributed by atoms with van der Waals surface area (Å²) in [6.45, 7) is 0.336. The molecule has 2 N–H and O–H groups in total. The highest BCUT2D eigenvalue weighted by atomic mass is 32.2. The molecule has 6 nitrogen and oxygen atoms in total. The van der Waals surface area contributed by atoms with Crippen LogP contribution in [0.25, 0.3) is 11.1 Å². The molecule has 1 aliphatic rings. The molecule has 7 heteroatoms. The van der Waals surface area contributed by atoms with Gasteiger partial charge in [-0.15, -0.1) is 0 Å². The van der Waals surface area contributed by atoms with Crippen molar-refractivity contribution in [3.05, 3.63) is 48.0 Å². The van der Waals surface area contributed by atoms with Gasteiger partial charge in [-0.25, -0.2) is 8.42 Å². The molecule has 0 heterocycles. The van der Waals surface area contributed by atoms with Crippen molar-refractivity contribution in [1.29, 1.82) is 0 Å². The van der Waals surface area contributed by atoms with Crippen LogP contribution in [0.1, 0.15) is 31.2 Å². The maximum absolute atomic E-state index is 12.7. The summed E-state index contributed by atoms with van der Waals surface area (Å²) < 4.78 is 29.8. The molecule has 0 aromatic heterocycles. The van der Waals surface area contributed by atoms with Crippen LogP contribution < -0.4 is 15.4 Å². The van der Waals surface area contributed by atoms with E-state index in [0.717, 1.165) is 36.8 Å². The van der Waals surface area contributed by atoms with Crippen LogP contribution in [0.5, 0.6) is 5.75 Å². The number of nitrogens with one attached hydrogen (secondary N) is 2. The van der Waals surface area contributed by atoms with Crippen molar-refractivity contribution in [1.82, 2.24) is 10.6 Å². The first-order chi connectivity index (χ1) is 14.3. The third-order valence-electron chi connectivity index (χ3n) is 5.84. The Labute approximate surface area is 178 Å². The van der Waals surface area contributed by atoms with Crippen molar-refractivity contribution in [2.24, 2.45) is 5.92 Å². The Balaban J connectivity index is 1.79. The SMILES string of the molecule is CNC1CCC(C(=O)NCc2cc(-c3ccccc3S(C)(=O)=O)ccc2OC)CC1. The summed E-state index contributed by atoms with van der Waals surface area (Å²) in [6, 6.07) is 13.0. The molecule has 0 saturated heterocycles. The molecule has 0 unspecified atom stereocenters. The van der Waals surface area contributed by atoms with E-state index in [0.29, 0.717) is 23.9 Å². The zero-order chi connectivity index (χ0) is 21.7. The first-order valence-electron chi connectivity index (χ1n) is 10.2. The van der Waals surface area contributed by atoms with E-state index in [1.54, 1.807) is 25.3 Å². The lowest BCUT2D eigenvalue weighted by Gasteiger charge is -2.27. The first-order valence-corrected chi connectivity index (χ1v) is 12.1. The molecule has 1 fully saturated rings. The molecule has 30 heavy (non-hydrogen) atoms. The van der Waals surface area contributed by atoms with Gasteiger partial charge < -0.3 is 15.4 Å². The fourth-order valence-electron chi connectivity index (χ4n) is 4.08. The minimum absolute atomic E-state index is 0.0368. The molecule has 2 aromatic rings. The van der Waals surface area contributed by atoms with Gasteiger partial charge in [-0.1, -0.05) is 24.3 Å². The Hall–Kier alpha value is -2.38. The van der Waals surface area contributed by atoms with Gasteiger partial charge in [0.2, 0.25) is 5.91 Å². The van der Waals surface area contributed by atoms with Crippen molar-refractivity contribution in [2.45, 2.75) is 43.2 Å². The van der Waals surface area contributed by atoms with Crippen molar-refractivity contribution < 1.29 is 17.9 Å². The summed E-state index contributed by atoms with van der Waals surface area (Å²) in [5, 5.41) is 6.32. The van der Waals surface area contributed by atoms with Crippen LogP contribution in [-0.4, -0.2) is 40.8 Å². The molecule has 0 aliphatic heterocycles. The zero-order valence-electron chi connectivity index (χ0n) is 17.8. The van der Waals surface area contributed by atoms with Gasteiger partial charge in [0, 0.05) is 35.9 Å². The van der Waals surface area contributed by atoms with Gasteiger partial charge in [0.05, 0.1) is 12.0 Å². The monoisotopic (exact) mass is 430 g/mol. The molecule has 1 amide bonds. The van der Waals surface area contributed by atoms with E-state index in [1.165, 1.54) is 6.26 Å². The highest BCUT2D eigenvalue weighted by Gasteiger charge is 2.25. The summed E-state index contributed by atoms with van der Waals surface area (Å²) in [7, 11) is 0.188. The molecule has 2 aromatic carbocycles. The van der Waals surface area contributed by atoms with Crippen molar-refractivity contribution in [3.8, 4) is 16.9 Å². The summed E-state index contributed by atoms with van der Waals surface area (Å²) in [5.41, 5.74) is 2.23. The Morgan fingerprint density at radius 3 is 2.43 bits per heavy atom. The average molecular weight is 431 g/mol. The molecule has 3 rings (SSSR count). The number of methoxy groups -OCH3 is 1. The minimum Gasteiger partial charge on any atom is -0.496 e. The van der Waals surface area contributed by atoms with Crippen molar-refractivity contribution in [3.63, 3.8) is 0 Å². The van der Waals surface area contributed by atoms with Crippen molar-refractivity contribution in [2.75, 3.05) is 20.4 Å². The molecule has 0 atom stereocenters. The van der Waals surface area contributed by atoms with E-state index in [2.05, 4.69) is 10.6 Å². The largest absolute Gasteiger partial charge is 0.496 e. The number of sulfone groups is 1. The Morgan fingerprint density at radius 2 is 1.80 bits per heavy atom. The normalized spacial score (nSPS) is 19.3. The third kappa shape index (κ3) is 5.21. The number of hydrogen-bond donors (Lipinski definition) is 2.